The molecule has 1 nitrogen and oxygen atoms in total. The molecule has 2 aromatic rings. The van der Waals surface area contributed by atoms with Crippen LogP contribution in [0.15, 0.2) is 48.5 Å². The second-order valence-electron chi connectivity index (χ2n) is 4.03. The lowest BCUT2D eigenvalue weighted by Crippen LogP contribution is -2.09. The van der Waals surface area contributed by atoms with Crippen molar-refractivity contribution < 1.29 is 17.6 Å². The van der Waals surface area contributed by atoms with Gasteiger partial charge in [-0.05, 0) is 23.8 Å². The maximum Gasteiger partial charge on any atom is 0.419 e. The van der Waals surface area contributed by atoms with Crippen LogP contribution >= 0.6 is 0 Å². The highest BCUT2D eigenvalue weighted by molar-refractivity contribution is 5.47. The molecule has 1 N–H and O–H groups in total. The zero-order valence-corrected chi connectivity index (χ0v) is 9.84. The van der Waals surface area contributed by atoms with Gasteiger partial charge in [0.2, 0.25) is 0 Å². The molecule has 0 atom stereocenters. The van der Waals surface area contributed by atoms with Crippen LogP contribution in [0.4, 0.5) is 23.2 Å². The zero-order chi connectivity index (χ0) is 13.9. The number of alkyl halides is 3. The molecule has 2 rings (SSSR count). The van der Waals surface area contributed by atoms with Crippen molar-refractivity contribution in [3.8, 4) is 0 Å². The first-order valence-electron chi connectivity index (χ1n) is 5.61. The Kier molecular flexibility index (Phi) is 3.74. The number of hydrogen-bond acceptors (Lipinski definition) is 1. The van der Waals surface area contributed by atoms with E-state index in [-0.39, 0.29) is 5.69 Å². The Morgan fingerprint density at radius 3 is 2.26 bits per heavy atom. The lowest BCUT2D eigenvalue weighted by atomic mass is 10.1. The first-order valence-corrected chi connectivity index (χ1v) is 5.61. The summed E-state index contributed by atoms with van der Waals surface area (Å²) in [6.07, 6.45) is -4.69. The normalized spacial score (nSPS) is 11.4. The van der Waals surface area contributed by atoms with E-state index >= 15 is 0 Å². The minimum absolute atomic E-state index is 0.234. The average Bonchev–Trinajstić information content (AvgIpc) is 2.37. The Morgan fingerprint density at radius 2 is 1.63 bits per heavy atom. The quantitative estimate of drug-likeness (QED) is 0.811. The molecule has 0 aliphatic rings. The largest absolute Gasteiger partial charge is 0.419 e. The molecule has 19 heavy (non-hydrogen) atoms. The number of anilines is 1. The lowest BCUT2D eigenvalue weighted by molar-refractivity contribution is -0.139. The third-order valence-corrected chi connectivity index (χ3v) is 2.61. The third kappa shape index (κ3) is 3.47. The van der Waals surface area contributed by atoms with E-state index in [0.717, 1.165) is 17.7 Å². The average molecular weight is 269 g/mol. The highest BCUT2D eigenvalue weighted by atomic mass is 19.4. The van der Waals surface area contributed by atoms with Crippen LogP contribution in [0.25, 0.3) is 0 Å². The van der Waals surface area contributed by atoms with E-state index in [9.17, 15) is 17.6 Å². The van der Waals surface area contributed by atoms with Crippen molar-refractivity contribution in [3.63, 3.8) is 0 Å². The molecule has 100 valence electrons. The van der Waals surface area contributed by atoms with Gasteiger partial charge in [0.15, 0.2) is 0 Å². The molecule has 5 heteroatoms. The number of hydrogen-bond donors (Lipinski definition) is 1. The Balaban J connectivity index is 2.14. The van der Waals surface area contributed by atoms with Crippen molar-refractivity contribution in [2.75, 3.05) is 5.32 Å². The predicted octanol–water partition coefficient (Wildman–Crippen LogP) is 4.46. The van der Waals surface area contributed by atoms with Gasteiger partial charge in [0.05, 0.1) is 5.56 Å². The minimum atomic E-state index is -4.69. The van der Waals surface area contributed by atoms with Gasteiger partial charge in [0.1, 0.15) is 5.82 Å². The lowest BCUT2D eigenvalue weighted by Gasteiger charge is -2.11. The van der Waals surface area contributed by atoms with Crippen molar-refractivity contribution in [3.05, 3.63) is 65.5 Å². The minimum Gasteiger partial charge on any atom is -0.381 e. The first-order chi connectivity index (χ1) is 8.97. The summed E-state index contributed by atoms with van der Waals surface area (Å²) in [6, 6.07) is 12.1. The topological polar surface area (TPSA) is 12.0 Å². The van der Waals surface area contributed by atoms with Gasteiger partial charge in [0, 0.05) is 12.2 Å². The summed E-state index contributed by atoms with van der Waals surface area (Å²) in [5.74, 6) is -1.27. The smallest absolute Gasteiger partial charge is 0.381 e. The van der Waals surface area contributed by atoms with Gasteiger partial charge >= 0.3 is 6.18 Å². The van der Waals surface area contributed by atoms with E-state index in [1.54, 1.807) is 0 Å². The summed E-state index contributed by atoms with van der Waals surface area (Å²) < 4.78 is 50.7. The molecule has 0 amide bonds. The van der Waals surface area contributed by atoms with Crippen molar-refractivity contribution in [1.29, 1.82) is 0 Å². The molecule has 0 heterocycles. The molecular formula is C14H11F4N. The Labute approximate surface area is 107 Å². The van der Waals surface area contributed by atoms with Gasteiger partial charge in [-0.1, -0.05) is 30.3 Å². The maximum atomic E-state index is 13.1. The molecule has 2 aromatic carbocycles. The molecule has 0 radical (unpaired) electrons. The van der Waals surface area contributed by atoms with Crippen molar-refractivity contribution in [2.24, 2.45) is 0 Å². The molecule has 0 aliphatic heterocycles. The molecule has 0 fully saturated rings. The van der Waals surface area contributed by atoms with E-state index in [1.165, 1.54) is 6.07 Å². The van der Waals surface area contributed by atoms with Gasteiger partial charge in [-0.15, -0.1) is 0 Å². The molecule has 0 spiro atoms. The van der Waals surface area contributed by atoms with Crippen molar-refractivity contribution >= 4 is 5.69 Å². The van der Waals surface area contributed by atoms with Gasteiger partial charge in [0.25, 0.3) is 0 Å². The van der Waals surface area contributed by atoms with Gasteiger partial charge in [-0.3, -0.25) is 0 Å². The highest BCUT2D eigenvalue weighted by Crippen LogP contribution is 2.33. The van der Waals surface area contributed by atoms with Crippen molar-refractivity contribution in [2.45, 2.75) is 12.7 Å². The molecule has 0 aliphatic carbocycles. The fourth-order valence-corrected chi connectivity index (χ4v) is 1.65. The van der Waals surface area contributed by atoms with Crippen LogP contribution in [0.3, 0.4) is 0 Å². The first kappa shape index (κ1) is 13.4. The Bertz CT molecular complexity index is 549. The van der Waals surface area contributed by atoms with E-state index in [1.807, 2.05) is 30.3 Å². The summed E-state index contributed by atoms with van der Waals surface area (Å²) in [4.78, 5) is 0. The van der Waals surface area contributed by atoms with Crippen LogP contribution in [0.2, 0.25) is 0 Å². The van der Waals surface area contributed by atoms with E-state index in [4.69, 9.17) is 0 Å². The van der Waals surface area contributed by atoms with Crippen LogP contribution in [0.5, 0.6) is 0 Å². The Hall–Kier alpha value is -2.04. The van der Waals surface area contributed by atoms with Crippen LogP contribution in [0.1, 0.15) is 11.1 Å². The Morgan fingerprint density at radius 1 is 0.947 bits per heavy atom. The number of benzene rings is 2. The SMILES string of the molecule is Fc1ccc(NCc2ccccc2)cc1C(F)(F)F. The van der Waals surface area contributed by atoms with E-state index in [2.05, 4.69) is 5.32 Å². The second kappa shape index (κ2) is 5.30. The zero-order valence-electron chi connectivity index (χ0n) is 9.84. The molecule has 0 unspecified atom stereocenters. The molecule has 0 aromatic heterocycles. The number of rotatable bonds is 3. The summed E-state index contributed by atoms with van der Waals surface area (Å²) in [5.41, 5.74) is -0.0940. The van der Waals surface area contributed by atoms with Gasteiger partial charge in [-0.2, -0.15) is 13.2 Å². The maximum absolute atomic E-state index is 13.1. The second-order valence-corrected chi connectivity index (χ2v) is 4.03. The molecule has 0 saturated carbocycles. The van der Waals surface area contributed by atoms with Crippen LogP contribution < -0.4 is 5.32 Å². The monoisotopic (exact) mass is 269 g/mol. The number of nitrogens with one attached hydrogen (secondary N) is 1. The highest BCUT2D eigenvalue weighted by Gasteiger charge is 2.34. The molecular weight excluding hydrogens is 258 g/mol. The van der Waals surface area contributed by atoms with Crippen LogP contribution in [-0.2, 0) is 12.7 Å². The van der Waals surface area contributed by atoms with E-state index in [0.29, 0.717) is 6.54 Å². The summed E-state index contributed by atoms with van der Waals surface area (Å²) >= 11 is 0. The third-order valence-electron chi connectivity index (χ3n) is 2.61. The standard InChI is InChI=1S/C14H11F4N/c15-13-7-6-11(8-12(13)14(16,17)18)19-9-10-4-2-1-3-5-10/h1-8,19H,9H2. The van der Waals surface area contributed by atoms with Crippen molar-refractivity contribution in [1.82, 2.24) is 0 Å². The summed E-state index contributed by atoms with van der Waals surface area (Å²) in [5, 5.41) is 2.83. The summed E-state index contributed by atoms with van der Waals surface area (Å²) in [6.45, 7) is 0.379. The van der Waals surface area contributed by atoms with Crippen LogP contribution in [0, 0.1) is 5.82 Å². The van der Waals surface area contributed by atoms with Gasteiger partial charge in [-0.25, -0.2) is 4.39 Å². The fraction of sp³-hybridized carbons (Fsp3) is 0.143. The van der Waals surface area contributed by atoms with E-state index < -0.39 is 17.6 Å². The molecule has 0 saturated heterocycles. The van der Waals surface area contributed by atoms with Crippen LogP contribution in [-0.4, -0.2) is 0 Å². The molecule has 0 bridgehead atoms. The summed E-state index contributed by atoms with van der Waals surface area (Å²) in [7, 11) is 0. The number of halogens is 4. The van der Waals surface area contributed by atoms with Gasteiger partial charge < -0.3 is 5.32 Å². The fourth-order valence-electron chi connectivity index (χ4n) is 1.65. The predicted molar refractivity (Wildman–Crippen MR) is 65.2 cm³/mol.